The van der Waals surface area contributed by atoms with E-state index < -0.39 is 28.5 Å². The lowest BCUT2D eigenvalue weighted by molar-refractivity contribution is -0.140. The van der Waals surface area contributed by atoms with E-state index in [0.29, 0.717) is 5.75 Å². The van der Waals surface area contributed by atoms with Crippen molar-refractivity contribution in [2.24, 2.45) is 0 Å². The molecule has 1 aliphatic carbocycles. The van der Waals surface area contributed by atoms with Crippen molar-refractivity contribution in [1.82, 2.24) is 10.2 Å². The quantitative estimate of drug-likeness (QED) is 0.167. The van der Waals surface area contributed by atoms with Crippen LogP contribution < -0.4 is 14.4 Å². The average molecular weight is 719 g/mol. The molecule has 0 saturated heterocycles. The lowest BCUT2D eigenvalue weighted by Gasteiger charge is -2.34. The molecule has 8 nitrogen and oxygen atoms in total. The first-order chi connectivity index (χ1) is 22.6. The van der Waals surface area contributed by atoms with Gasteiger partial charge in [0.2, 0.25) is 11.8 Å². The maximum atomic E-state index is 14.7. The van der Waals surface area contributed by atoms with E-state index in [0.717, 1.165) is 51.2 Å². The number of nitrogens with zero attached hydrogens (tertiary/aromatic N) is 2. The minimum absolute atomic E-state index is 0.0405. The second-order valence-corrected chi connectivity index (χ2v) is 14.7. The summed E-state index contributed by atoms with van der Waals surface area (Å²) in [6, 6.07) is 29.4. The summed E-state index contributed by atoms with van der Waals surface area (Å²) in [4.78, 5) is 30.4. The predicted octanol–water partition coefficient (Wildman–Crippen LogP) is 6.66. The lowest BCUT2D eigenvalue weighted by Crippen LogP contribution is -2.54. The molecule has 1 saturated carbocycles. The third kappa shape index (κ3) is 8.81. The zero-order valence-corrected chi connectivity index (χ0v) is 29.0. The number of halogens is 1. The standard InChI is InChI=1S/C37H40BrN3O5S/c1-27-18-20-34(21-19-27)47(44,45)41(32-16-9-17-33(24-32)46-2)26-36(42)40(25-29-12-8-13-30(38)22-29)35(23-28-10-4-3-5-11-28)37(43)39-31-14-6-7-15-31/h3-5,8-13,16-22,24,31,35H,6-7,14-15,23,25-26H2,1-2H3,(H,39,43)/t35-/m0/s1. The van der Waals surface area contributed by atoms with E-state index in [2.05, 4.69) is 21.2 Å². The van der Waals surface area contributed by atoms with Crippen LogP contribution in [0.15, 0.2) is 112 Å². The van der Waals surface area contributed by atoms with Crippen LogP contribution in [0.2, 0.25) is 0 Å². The molecule has 1 atom stereocenters. The van der Waals surface area contributed by atoms with E-state index in [1.54, 1.807) is 36.4 Å². The van der Waals surface area contributed by atoms with Crippen molar-refractivity contribution in [2.45, 2.75) is 62.6 Å². The van der Waals surface area contributed by atoms with Crippen molar-refractivity contribution in [2.75, 3.05) is 18.0 Å². The minimum atomic E-state index is -4.21. The summed E-state index contributed by atoms with van der Waals surface area (Å²) in [6.07, 6.45) is 4.13. The number of sulfonamides is 1. The predicted molar refractivity (Wildman–Crippen MR) is 188 cm³/mol. The van der Waals surface area contributed by atoms with Gasteiger partial charge < -0.3 is 15.0 Å². The smallest absolute Gasteiger partial charge is 0.264 e. The highest BCUT2D eigenvalue weighted by Crippen LogP contribution is 2.28. The number of hydrogen-bond donors (Lipinski definition) is 1. The Morgan fingerprint density at radius 2 is 1.57 bits per heavy atom. The van der Waals surface area contributed by atoms with Crippen molar-refractivity contribution >= 4 is 43.5 Å². The van der Waals surface area contributed by atoms with Crippen LogP contribution in [0.25, 0.3) is 0 Å². The van der Waals surface area contributed by atoms with Crippen molar-refractivity contribution in [3.8, 4) is 5.75 Å². The zero-order valence-electron chi connectivity index (χ0n) is 26.6. The first kappa shape index (κ1) is 34.2. The second-order valence-electron chi connectivity index (χ2n) is 11.9. The first-order valence-corrected chi connectivity index (χ1v) is 18.0. The Morgan fingerprint density at radius 1 is 0.894 bits per heavy atom. The molecule has 10 heteroatoms. The summed E-state index contributed by atoms with van der Waals surface area (Å²) in [7, 11) is -2.71. The number of carbonyl (C=O) groups is 2. The molecule has 0 aliphatic heterocycles. The number of benzene rings is 4. The molecule has 4 aromatic carbocycles. The fraction of sp³-hybridized carbons (Fsp3) is 0.297. The van der Waals surface area contributed by atoms with Crippen molar-refractivity contribution in [1.29, 1.82) is 0 Å². The van der Waals surface area contributed by atoms with E-state index in [1.807, 2.05) is 61.5 Å². The van der Waals surface area contributed by atoms with Crippen LogP contribution in [-0.2, 0) is 32.6 Å². The number of nitrogens with one attached hydrogen (secondary N) is 1. The summed E-state index contributed by atoms with van der Waals surface area (Å²) < 4.78 is 35.9. The molecule has 1 aliphatic rings. The van der Waals surface area contributed by atoms with Crippen LogP contribution in [0.1, 0.15) is 42.4 Å². The number of carbonyl (C=O) groups excluding carboxylic acids is 2. The Balaban J connectivity index is 1.58. The van der Waals surface area contributed by atoms with Gasteiger partial charge in [0.25, 0.3) is 10.0 Å². The molecule has 0 radical (unpaired) electrons. The minimum Gasteiger partial charge on any atom is -0.497 e. The van der Waals surface area contributed by atoms with Gasteiger partial charge in [-0.2, -0.15) is 0 Å². The molecule has 0 spiro atoms. The van der Waals surface area contributed by atoms with Crippen LogP contribution >= 0.6 is 15.9 Å². The summed E-state index contributed by atoms with van der Waals surface area (Å²) in [5.74, 6) is -0.313. The number of hydrogen-bond acceptors (Lipinski definition) is 5. The molecule has 4 aromatic rings. The summed E-state index contributed by atoms with van der Waals surface area (Å²) in [5, 5.41) is 3.20. The van der Waals surface area contributed by atoms with E-state index in [1.165, 1.54) is 24.1 Å². The molecule has 0 bridgehead atoms. The number of ether oxygens (including phenoxy) is 1. The number of aryl methyl sites for hydroxylation is 1. The fourth-order valence-electron chi connectivity index (χ4n) is 5.89. The van der Waals surface area contributed by atoms with Crippen molar-refractivity contribution in [3.63, 3.8) is 0 Å². The maximum Gasteiger partial charge on any atom is 0.264 e. The van der Waals surface area contributed by atoms with Gasteiger partial charge in [0, 0.05) is 29.5 Å². The molecule has 1 fully saturated rings. The van der Waals surface area contributed by atoms with Crippen LogP contribution in [0, 0.1) is 6.92 Å². The number of anilines is 1. The molecule has 0 heterocycles. The van der Waals surface area contributed by atoms with Gasteiger partial charge in [-0.15, -0.1) is 0 Å². The molecule has 0 unspecified atom stereocenters. The Bertz CT molecular complexity index is 1780. The normalized spacial score (nSPS) is 13.9. The number of rotatable bonds is 13. The Hall–Kier alpha value is -4.15. The van der Waals surface area contributed by atoms with Gasteiger partial charge in [-0.1, -0.05) is 95.0 Å². The van der Waals surface area contributed by atoms with Gasteiger partial charge >= 0.3 is 0 Å². The lowest BCUT2D eigenvalue weighted by atomic mass is 10.0. The van der Waals surface area contributed by atoms with Crippen molar-refractivity contribution in [3.05, 3.63) is 124 Å². The third-order valence-corrected chi connectivity index (χ3v) is 10.7. The molecular weight excluding hydrogens is 678 g/mol. The molecule has 5 rings (SSSR count). The second kappa shape index (κ2) is 15.6. The molecule has 246 valence electrons. The number of methoxy groups -OCH3 is 1. The van der Waals surface area contributed by atoms with E-state index >= 15 is 0 Å². The molecule has 2 amide bonds. The molecule has 47 heavy (non-hydrogen) atoms. The molecule has 0 aromatic heterocycles. The van der Waals surface area contributed by atoms with E-state index in [-0.39, 0.29) is 35.5 Å². The van der Waals surface area contributed by atoms with E-state index in [4.69, 9.17) is 4.74 Å². The number of amides is 2. The fourth-order valence-corrected chi connectivity index (χ4v) is 7.74. The van der Waals surface area contributed by atoms with Crippen molar-refractivity contribution < 1.29 is 22.7 Å². The molecule has 1 N–H and O–H groups in total. The van der Waals surface area contributed by atoms with E-state index in [9.17, 15) is 18.0 Å². The van der Waals surface area contributed by atoms with Gasteiger partial charge in [-0.25, -0.2) is 8.42 Å². The van der Waals surface area contributed by atoms with Gasteiger partial charge in [0.15, 0.2) is 0 Å². The van der Waals surface area contributed by atoms with Gasteiger partial charge in [0.1, 0.15) is 18.3 Å². The Labute approximate surface area is 285 Å². The Morgan fingerprint density at radius 3 is 2.26 bits per heavy atom. The zero-order chi connectivity index (χ0) is 33.4. The Kier molecular flexibility index (Phi) is 11.4. The van der Waals surface area contributed by atoms with Crippen LogP contribution in [0.3, 0.4) is 0 Å². The first-order valence-electron chi connectivity index (χ1n) is 15.8. The average Bonchev–Trinajstić information content (AvgIpc) is 3.59. The summed E-state index contributed by atoms with van der Waals surface area (Å²) in [5.41, 5.74) is 2.87. The monoisotopic (exact) mass is 717 g/mol. The maximum absolute atomic E-state index is 14.7. The van der Waals surface area contributed by atoms with Gasteiger partial charge in [-0.3, -0.25) is 13.9 Å². The SMILES string of the molecule is COc1cccc(N(CC(=O)N(Cc2cccc(Br)c2)[C@@H](Cc2ccccc2)C(=O)NC2CCCC2)S(=O)(=O)c2ccc(C)cc2)c1. The van der Waals surface area contributed by atoms with Crippen LogP contribution in [-0.4, -0.2) is 50.9 Å². The van der Waals surface area contributed by atoms with Gasteiger partial charge in [0.05, 0.1) is 17.7 Å². The summed E-state index contributed by atoms with van der Waals surface area (Å²) in [6.45, 7) is 1.45. The highest BCUT2D eigenvalue weighted by molar-refractivity contribution is 9.10. The molecular formula is C37H40BrN3O5S. The van der Waals surface area contributed by atoms with Crippen LogP contribution in [0.5, 0.6) is 5.75 Å². The highest BCUT2D eigenvalue weighted by atomic mass is 79.9. The van der Waals surface area contributed by atoms with Gasteiger partial charge in [-0.05, 0) is 67.3 Å². The largest absolute Gasteiger partial charge is 0.497 e. The highest BCUT2D eigenvalue weighted by Gasteiger charge is 2.35. The topological polar surface area (TPSA) is 96.0 Å². The third-order valence-electron chi connectivity index (χ3n) is 8.44. The van der Waals surface area contributed by atoms with Crippen LogP contribution in [0.4, 0.5) is 5.69 Å². The summed E-state index contributed by atoms with van der Waals surface area (Å²) >= 11 is 3.53.